The Labute approximate surface area is 111 Å². The van der Waals surface area contributed by atoms with Crippen LogP contribution in [0.2, 0.25) is 0 Å². The van der Waals surface area contributed by atoms with Gasteiger partial charge in [0.2, 0.25) is 17.3 Å². The van der Waals surface area contributed by atoms with Gasteiger partial charge in [-0.1, -0.05) is 13.8 Å². The van der Waals surface area contributed by atoms with Crippen molar-refractivity contribution in [1.29, 1.82) is 0 Å². The highest BCUT2D eigenvalue weighted by atomic mass is 16.4. The second-order valence-corrected chi connectivity index (χ2v) is 4.30. The number of nitrogens with one attached hydrogen (secondary N) is 2. The van der Waals surface area contributed by atoms with Gasteiger partial charge in [0.1, 0.15) is 0 Å². The molecule has 2 N–H and O–H groups in total. The second kappa shape index (κ2) is 6.29. The van der Waals surface area contributed by atoms with E-state index in [0.717, 1.165) is 19.4 Å². The first-order valence-corrected chi connectivity index (χ1v) is 6.50. The maximum atomic E-state index is 11.0. The maximum absolute atomic E-state index is 11.0. The molecule has 0 aliphatic heterocycles. The molecule has 0 spiro atoms. The molecule has 0 fully saturated rings. The summed E-state index contributed by atoms with van der Waals surface area (Å²) in [6, 6.07) is 3.17. The summed E-state index contributed by atoms with van der Waals surface area (Å²) in [7, 11) is 0. The van der Waals surface area contributed by atoms with Crippen LogP contribution in [0.3, 0.4) is 0 Å². The van der Waals surface area contributed by atoms with Crippen LogP contribution in [-0.4, -0.2) is 21.7 Å². The first kappa shape index (κ1) is 13.5. The molecule has 0 radical (unpaired) electrons. The fourth-order valence-electron chi connectivity index (χ4n) is 1.76. The van der Waals surface area contributed by atoms with Crippen molar-refractivity contribution in [2.75, 3.05) is 6.54 Å². The summed E-state index contributed by atoms with van der Waals surface area (Å²) < 4.78 is 5.65. The molecule has 2 rings (SSSR count). The van der Waals surface area contributed by atoms with Crippen LogP contribution in [-0.2, 0) is 0 Å². The minimum atomic E-state index is -0.153. The average molecular weight is 262 g/mol. The van der Waals surface area contributed by atoms with Crippen molar-refractivity contribution in [2.45, 2.75) is 32.7 Å². The highest BCUT2D eigenvalue weighted by Gasteiger charge is 2.16. The zero-order valence-electron chi connectivity index (χ0n) is 11.1. The van der Waals surface area contributed by atoms with Crippen molar-refractivity contribution in [3.8, 4) is 11.5 Å². The predicted molar refractivity (Wildman–Crippen MR) is 71.7 cm³/mol. The Morgan fingerprint density at radius 1 is 1.37 bits per heavy atom. The van der Waals surface area contributed by atoms with Gasteiger partial charge in [-0.25, -0.2) is 0 Å². The Hall–Kier alpha value is -1.95. The normalized spacial score (nSPS) is 12.5. The first-order valence-electron chi connectivity index (χ1n) is 6.50. The summed E-state index contributed by atoms with van der Waals surface area (Å²) in [5.41, 5.74) is 0.559. The molecule has 0 aliphatic carbocycles. The van der Waals surface area contributed by atoms with Crippen LogP contribution >= 0.6 is 0 Å². The van der Waals surface area contributed by atoms with Crippen LogP contribution in [0.15, 0.2) is 27.5 Å². The lowest BCUT2D eigenvalue weighted by Gasteiger charge is -2.11. The van der Waals surface area contributed by atoms with Crippen molar-refractivity contribution in [1.82, 2.24) is 20.5 Å². The number of aromatic nitrogens is 3. The van der Waals surface area contributed by atoms with Crippen LogP contribution in [0.1, 0.15) is 38.6 Å². The predicted octanol–water partition coefficient (Wildman–Crippen LogP) is 1.88. The standard InChI is InChI=1S/C13H18N4O2/c1-3-7-14-10(4-2)13-17-16-12(19-13)9-5-6-11(18)15-8-9/h5-6,8,10,14H,3-4,7H2,1-2H3,(H,15,18). The first-order chi connectivity index (χ1) is 9.24. The molecule has 6 heteroatoms. The molecule has 1 unspecified atom stereocenters. The Bertz CT molecular complexity index is 556. The quantitative estimate of drug-likeness (QED) is 0.830. The summed E-state index contributed by atoms with van der Waals surface area (Å²) in [5.74, 6) is 1.00. The van der Waals surface area contributed by atoms with Crippen molar-refractivity contribution in [3.63, 3.8) is 0 Å². The van der Waals surface area contributed by atoms with Gasteiger partial charge in [-0.05, 0) is 25.5 Å². The van der Waals surface area contributed by atoms with E-state index >= 15 is 0 Å². The lowest BCUT2D eigenvalue weighted by Crippen LogP contribution is -2.21. The van der Waals surface area contributed by atoms with Gasteiger partial charge in [0.15, 0.2) is 0 Å². The number of aromatic amines is 1. The summed E-state index contributed by atoms with van der Waals surface area (Å²) in [6.07, 6.45) is 3.50. The van der Waals surface area contributed by atoms with Gasteiger partial charge in [-0.2, -0.15) is 0 Å². The van der Waals surface area contributed by atoms with Gasteiger partial charge in [-0.3, -0.25) is 4.79 Å². The Morgan fingerprint density at radius 3 is 2.84 bits per heavy atom. The Balaban J connectivity index is 2.17. The topological polar surface area (TPSA) is 83.8 Å². The molecule has 2 heterocycles. The largest absolute Gasteiger partial charge is 0.419 e. The Morgan fingerprint density at radius 2 is 2.21 bits per heavy atom. The average Bonchev–Trinajstić information content (AvgIpc) is 2.90. The van der Waals surface area contributed by atoms with E-state index in [-0.39, 0.29) is 11.6 Å². The summed E-state index contributed by atoms with van der Waals surface area (Å²) in [5, 5.41) is 11.4. The number of hydrogen-bond acceptors (Lipinski definition) is 5. The smallest absolute Gasteiger partial charge is 0.249 e. The van der Waals surface area contributed by atoms with E-state index in [9.17, 15) is 4.79 Å². The lowest BCUT2D eigenvalue weighted by molar-refractivity contribution is 0.396. The van der Waals surface area contributed by atoms with Crippen LogP contribution < -0.4 is 10.9 Å². The highest BCUT2D eigenvalue weighted by Crippen LogP contribution is 2.20. The summed E-state index contributed by atoms with van der Waals surface area (Å²) in [6.45, 7) is 5.09. The third-order valence-corrected chi connectivity index (χ3v) is 2.82. The minimum Gasteiger partial charge on any atom is -0.419 e. The molecule has 0 amide bonds. The van der Waals surface area contributed by atoms with E-state index < -0.39 is 0 Å². The van der Waals surface area contributed by atoms with Crippen molar-refractivity contribution in [3.05, 3.63) is 34.6 Å². The molecule has 102 valence electrons. The number of pyridine rings is 1. The van der Waals surface area contributed by atoms with E-state index in [1.54, 1.807) is 12.3 Å². The zero-order valence-corrected chi connectivity index (χ0v) is 11.1. The van der Waals surface area contributed by atoms with E-state index in [1.165, 1.54) is 6.07 Å². The molecule has 0 saturated carbocycles. The molecule has 2 aromatic heterocycles. The monoisotopic (exact) mass is 262 g/mol. The van der Waals surface area contributed by atoms with E-state index in [0.29, 0.717) is 17.3 Å². The number of H-pyrrole nitrogens is 1. The number of hydrogen-bond donors (Lipinski definition) is 2. The number of nitrogens with zero attached hydrogens (tertiary/aromatic N) is 2. The third-order valence-electron chi connectivity index (χ3n) is 2.82. The van der Waals surface area contributed by atoms with Gasteiger partial charge >= 0.3 is 0 Å². The van der Waals surface area contributed by atoms with Crippen LogP contribution in [0.5, 0.6) is 0 Å². The third kappa shape index (κ3) is 3.29. The highest BCUT2D eigenvalue weighted by molar-refractivity contribution is 5.49. The van der Waals surface area contributed by atoms with Crippen molar-refractivity contribution in [2.24, 2.45) is 0 Å². The van der Waals surface area contributed by atoms with Crippen LogP contribution in [0.25, 0.3) is 11.5 Å². The lowest BCUT2D eigenvalue weighted by atomic mass is 10.2. The van der Waals surface area contributed by atoms with E-state index in [2.05, 4.69) is 34.3 Å². The molecule has 0 bridgehead atoms. The second-order valence-electron chi connectivity index (χ2n) is 4.30. The molecule has 6 nitrogen and oxygen atoms in total. The van der Waals surface area contributed by atoms with Crippen molar-refractivity contribution >= 4 is 0 Å². The fourth-order valence-corrected chi connectivity index (χ4v) is 1.76. The summed E-state index contributed by atoms with van der Waals surface area (Å²) in [4.78, 5) is 13.6. The molecule has 1 atom stereocenters. The van der Waals surface area contributed by atoms with E-state index in [1.807, 2.05) is 0 Å². The van der Waals surface area contributed by atoms with Gasteiger partial charge in [0.05, 0.1) is 11.6 Å². The molecule has 19 heavy (non-hydrogen) atoms. The fraction of sp³-hybridized carbons (Fsp3) is 0.462. The van der Waals surface area contributed by atoms with E-state index in [4.69, 9.17) is 4.42 Å². The van der Waals surface area contributed by atoms with Crippen LogP contribution in [0.4, 0.5) is 0 Å². The minimum absolute atomic E-state index is 0.0731. The molecule has 2 aromatic rings. The Kier molecular flexibility index (Phi) is 4.46. The van der Waals surface area contributed by atoms with Gasteiger partial charge in [-0.15, -0.1) is 10.2 Å². The van der Waals surface area contributed by atoms with Gasteiger partial charge < -0.3 is 14.7 Å². The maximum Gasteiger partial charge on any atom is 0.249 e. The SMILES string of the molecule is CCCNC(CC)c1nnc(-c2ccc(=O)[nH]c2)o1. The summed E-state index contributed by atoms with van der Waals surface area (Å²) >= 11 is 0. The van der Waals surface area contributed by atoms with Crippen LogP contribution in [0, 0.1) is 0 Å². The molecular weight excluding hydrogens is 244 g/mol. The van der Waals surface area contributed by atoms with Gasteiger partial charge in [0, 0.05) is 12.3 Å². The molecule has 0 aliphatic rings. The molecule has 0 aromatic carbocycles. The number of rotatable bonds is 6. The molecular formula is C13H18N4O2. The van der Waals surface area contributed by atoms with Gasteiger partial charge in [0.25, 0.3) is 0 Å². The molecule has 0 saturated heterocycles. The van der Waals surface area contributed by atoms with Crippen molar-refractivity contribution < 1.29 is 4.42 Å². The zero-order chi connectivity index (χ0) is 13.7.